The van der Waals surface area contributed by atoms with Gasteiger partial charge in [-0.3, -0.25) is 4.79 Å². The van der Waals surface area contributed by atoms with Gasteiger partial charge in [0, 0.05) is 26.0 Å². The lowest BCUT2D eigenvalue weighted by Gasteiger charge is -2.17. The van der Waals surface area contributed by atoms with Crippen LogP contribution in [0.4, 0.5) is 0 Å². The number of amides is 1. The lowest BCUT2D eigenvalue weighted by molar-refractivity contribution is -0.118. The second-order valence-electron chi connectivity index (χ2n) is 4.48. The Morgan fingerprint density at radius 2 is 2.24 bits per heavy atom. The highest BCUT2D eigenvalue weighted by molar-refractivity contribution is 7.99. The number of carbonyl (C=O) groups is 1. The van der Waals surface area contributed by atoms with Gasteiger partial charge < -0.3 is 15.2 Å². The van der Waals surface area contributed by atoms with E-state index < -0.39 is 0 Å². The molecule has 1 aliphatic rings. The summed E-state index contributed by atoms with van der Waals surface area (Å²) in [5.74, 6) is 2.30. The molecule has 0 aromatic carbocycles. The number of thioether (sulfide) groups is 1. The standard InChI is InChI=1S/C12H23NO3S/c1-16-5-6-17-9-12(15)13-7-10-3-2-4-11(10)8-14/h10-11,14H,2-9H2,1H3,(H,13,15). The Bertz CT molecular complexity index is 226. The molecule has 2 unspecified atom stereocenters. The number of hydrogen-bond donors (Lipinski definition) is 2. The molecule has 1 saturated carbocycles. The van der Waals surface area contributed by atoms with Crippen molar-refractivity contribution in [3.05, 3.63) is 0 Å². The first-order chi connectivity index (χ1) is 8.27. The van der Waals surface area contributed by atoms with Crippen LogP contribution in [-0.4, -0.2) is 49.4 Å². The van der Waals surface area contributed by atoms with E-state index in [-0.39, 0.29) is 12.5 Å². The van der Waals surface area contributed by atoms with E-state index in [1.54, 1.807) is 18.9 Å². The Balaban J connectivity index is 2.06. The molecule has 2 N–H and O–H groups in total. The minimum atomic E-state index is 0.0923. The zero-order chi connectivity index (χ0) is 12.5. The average Bonchev–Trinajstić information content (AvgIpc) is 2.79. The van der Waals surface area contributed by atoms with E-state index in [1.807, 2.05) is 0 Å². The molecule has 0 bridgehead atoms. The summed E-state index contributed by atoms with van der Waals surface area (Å²) in [6.07, 6.45) is 3.40. The quantitative estimate of drug-likeness (QED) is 0.637. The van der Waals surface area contributed by atoms with Gasteiger partial charge in [-0.25, -0.2) is 0 Å². The SMILES string of the molecule is COCCSCC(=O)NCC1CCCC1CO. The summed E-state index contributed by atoms with van der Waals surface area (Å²) in [4.78, 5) is 11.5. The van der Waals surface area contributed by atoms with Crippen molar-refractivity contribution in [3.63, 3.8) is 0 Å². The highest BCUT2D eigenvalue weighted by Crippen LogP contribution is 2.30. The third-order valence-corrected chi connectivity index (χ3v) is 4.20. The van der Waals surface area contributed by atoms with E-state index in [1.165, 1.54) is 6.42 Å². The predicted molar refractivity (Wildman–Crippen MR) is 70.1 cm³/mol. The van der Waals surface area contributed by atoms with Crippen molar-refractivity contribution in [3.8, 4) is 0 Å². The summed E-state index contributed by atoms with van der Waals surface area (Å²) in [7, 11) is 1.66. The zero-order valence-corrected chi connectivity index (χ0v) is 11.3. The topological polar surface area (TPSA) is 58.6 Å². The molecule has 17 heavy (non-hydrogen) atoms. The fourth-order valence-electron chi connectivity index (χ4n) is 2.23. The van der Waals surface area contributed by atoms with E-state index in [0.717, 1.165) is 25.1 Å². The smallest absolute Gasteiger partial charge is 0.230 e. The van der Waals surface area contributed by atoms with Crippen LogP contribution in [0.2, 0.25) is 0 Å². The number of carbonyl (C=O) groups excluding carboxylic acids is 1. The Labute approximate surface area is 107 Å². The predicted octanol–water partition coefficient (Wildman–Crippen LogP) is 0.891. The number of hydrogen-bond acceptors (Lipinski definition) is 4. The molecule has 100 valence electrons. The normalized spacial score (nSPS) is 23.9. The van der Waals surface area contributed by atoms with Crippen molar-refractivity contribution < 1.29 is 14.6 Å². The monoisotopic (exact) mass is 261 g/mol. The second-order valence-corrected chi connectivity index (χ2v) is 5.59. The maximum absolute atomic E-state index is 11.5. The molecule has 0 heterocycles. The van der Waals surface area contributed by atoms with Gasteiger partial charge in [-0.2, -0.15) is 0 Å². The van der Waals surface area contributed by atoms with Crippen LogP contribution in [0.3, 0.4) is 0 Å². The minimum absolute atomic E-state index is 0.0923. The Morgan fingerprint density at radius 3 is 2.94 bits per heavy atom. The number of aliphatic hydroxyl groups excluding tert-OH is 1. The van der Waals surface area contributed by atoms with Gasteiger partial charge >= 0.3 is 0 Å². The molecular formula is C12H23NO3S. The summed E-state index contributed by atoms with van der Waals surface area (Å²) >= 11 is 1.59. The van der Waals surface area contributed by atoms with Gasteiger partial charge in [0.05, 0.1) is 12.4 Å². The Kier molecular flexibility index (Phi) is 7.64. The number of nitrogens with one attached hydrogen (secondary N) is 1. The Hall–Kier alpha value is -0.260. The van der Waals surface area contributed by atoms with Crippen LogP contribution in [0.1, 0.15) is 19.3 Å². The summed E-state index contributed by atoms with van der Waals surface area (Å²) < 4.78 is 4.91. The molecule has 4 nitrogen and oxygen atoms in total. The van der Waals surface area contributed by atoms with Gasteiger partial charge in [0.15, 0.2) is 0 Å². The van der Waals surface area contributed by atoms with Crippen LogP contribution in [-0.2, 0) is 9.53 Å². The first kappa shape index (κ1) is 14.8. The van der Waals surface area contributed by atoms with Crippen molar-refractivity contribution in [2.45, 2.75) is 19.3 Å². The maximum atomic E-state index is 11.5. The molecule has 0 aromatic heterocycles. The first-order valence-electron chi connectivity index (χ1n) is 6.22. The van der Waals surface area contributed by atoms with Crippen molar-refractivity contribution in [2.75, 3.05) is 38.4 Å². The van der Waals surface area contributed by atoms with Crippen LogP contribution in [0, 0.1) is 11.8 Å². The molecule has 1 rings (SSSR count). The van der Waals surface area contributed by atoms with Crippen molar-refractivity contribution >= 4 is 17.7 Å². The van der Waals surface area contributed by atoms with Crippen molar-refractivity contribution in [1.29, 1.82) is 0 Å². The molecule has 0 aromatic rings. The molecular weight excluding hydrogens is 238 g/mol. The molecule has 1 fully saturated rings. The van der Waals surface area contributed by atoms with Crippen LogP contribution in [0.5, 0.6) is 0 Å². The molecule has 1 aliphatic carbocycles. The zero-order valence-electron chi connectivity index (χ0n) is 10.5. The summed E-state index contributed by atoms with van der Waals surface area (Å²) in [6, 6.07) is 0. The highest BCUT2D eigenvalue weighted by Gasteiger charge is 2.26. The molecule has 0 saturated heterocycles. The minimum Gasteiger partial charge on any atom is -0.396 e. The van der Waals surface area contributed by atoms with Crippen LogP contribution >= 0.6 is 11.8 Å². The van der Waals surface area contributed by atoms with Gasteiger partial charge in [-0.05, 0) is 24.7 Å². The molecule has 0 radical (unpaired) electrons. The summed E-state index contributed by atoms with van der Waals surface area (Å²) in [5.41, 5.74) is 0. The van der Waals surface area contributed by atoms with Crippen LogP contribution in [0.15, 0.2) is 0 Å². The average molecular weight is 261 g/mol. The molecule has 5 heteroatoms. The fraction of sp³-hybridized carbons (Fsp3) is 0.917. The van der Waals surface area contributed by atoms with E-state index in [9.17, 15) is 9.90 Å². The van der Waals surface area contributed by atoms with E-state index in [0.29, 0.717) is 24.2 Å². The number of ether oxygens (including phenoxy) is 1. The number of aliphatic hydroxyl groups is 1. The first-order valence-corrected chi connectivity index (χ1v) is 7.37. The lowest BCUT2D eigenvalue weighted by atomic mass is 9.97. The molecule has 2 atom stereocenters. The molecule has 0 spiro atoms. The van der Waals surface area contributed by atoms with Gasteiger partial charge in [0.1, 0.15) is 0 Å². The number of methoxy groups -OCH3 is 1. The lowest BCUT2D eigenvalue weighted by Crippen LogP contribution is -2.32. The van der Waals surface area contributed by atoms with Gasteiger partial charge in [-0.15, -0.1) is 11.8 Å². The largest absolute Gasteiger partial charge is 0.396 e. The van der Waals surface area contributed by atoms with Crippen LogP contribution < -0.4 is 5.32 Å². The second kappa shape index (κ2) is 8.78. The molecule has 0 aliphatic heterocycles. The molecule has 1 amide bonds. The van der Waals surface area contributed by atoms with E-state index >= 15 is 0 Å². The van der Waals surface area contributed by atoms with E-state index in [2.05, 4.69) is 5.32 Å². The van der Waals surface area contributed by atoms with Gasteiger partial charge in [0.2, 0.25) is 5.91 Å². The maximum Gasteiger partial charge on any atom is 0.230 e. The third-order valence-electron chi connectivity index (χ3n) is 3.28. The third kappa shape index (κ3) is 5.75. The van der Waals surface area contributed by atoms with E-state index in [4.69, 9.17) is 4.74 Å². The summed E-state index contributed by atoms with van der Waals surface area (Å²) in [6.45, 7) is 1.66. The van der Waals surface area contributed by atoms with Crippen molar-refractivity contribution in [2.24, 2.45) is 11.8 Å². The summed E-state index contributed by atoms with van der Waals surface area (Å²) in [5, 5.41) is 12.1. The van der Waals surface area contributed by atoms with Crippen LogP contribution in [0.25, 0.3) is 0 Å². The Morgan fingerprint density at radius 1 is 1.47 bits per heavy atom. The number of rotatable bonds is 8. The van der Waals surface area contributed by atoms with Gasteiger partial charge in [0.25, 0.3) is 0 Å². The van der Waals surface area contributed by atoms with Gasteiger partial charge in [-0.1, -0.05) is 6.42 Å². The van der Waals surface area contributed by atoms with Crippen molar-refractivity contribution in [1.82, 2.24) is 5.32 Å². The highest BCUT2D eigenvalue weighted by atomic mass is 32.2. The fourth-order valence-corrected chi connectivity index (χ4v) is 2.94.